The molecule has 2 heteroatoms. The number of hydrogen-bond acceptors (Lipinski definition) is 2. The van der Waals surface area contributed by atoms with Crippen LogP contribution in [0.3, 0.4) is 0 Å². The first kappa shape index (κ1) is 22.6. The zero-order valence-electron chi connectivity index (χ0n) is 21.8. The summed E-state index contributed by atoms with van der Waals surface area (Å²) in [6, 6.07) is 49.2. The molecule has 2 nitrogen and oxygen atoms in total. The van der Waals surface area contributed by atoms with Crippen LogP contribution in [0.4, 0.5) is 5.69 Å². The van der Waals surface area contributed by atoms with Gasteiger partial charge in [-0.1, -0.05) is 109 Å². The molecule has 40 heavy (non-hydrogen) atoms. The summed E-state index contributed by atoms with van der Waals surface area (Å²) in [6.45, 7) is 0. The van der Waals surface area contributed by atoms with Crippen LogP contribution < -0.4 is 5.73 Å². The minimum Gasteiger partial charge on any atom is -0.455 e. The molecule has 0 atom stereocenters. The Labute approximate surface area is 231 Å². The van der Waals surface area contributed by atoms with Crippen molar-refractivity contribution in [3.05, 3.63) is 140 Å². The molecule has 1 aromatic heterocycles. The SMILES string of the molecule is Nc1ccc(-c2cc(-c3cccc4ccccc34)cc(-c3cccc4c3oc3ccccc34)c2)c2ccccc12. The maximum absolute atomic E-state index is 6.47. The van der Waals surface area contributed by atoms with Gasteiger partial charge in [-0.25, -0.2) is 0 Å². The van der Waals surface area contributed by atoms with E-state index in [1.54, 1.807) is 0 Å². The number of rotatable bonds is 3. The third-order valence-electron chi connectivity index (χ3n) is 8.02. The first-order chi connectivity index (χ1) is 19.7. The van der Waals surface area contributed by atoms with Crippen LogP contribution in [-0.2, 0) is 0 Å². The number of fused-ring (bicyclic) bond motifs is 5. The van der Waals surface area contributed by atoms with Gasteiger partial charge in [0.2, 0.25) is 0 Å². The van der Waals surface area contributed by atoms with E-state index in [1.165, 1.54) is 21.9 Å². The second-order valence-corrected chi connectivity index (χ2v) is 10.4. The van der Waals surface area contributed by atoms with Crippen LogP contribution in [0.25, 0.3) is 76.9 Å². The summed E-state index contributed by atoms with van der Waals surface area (Å²) in [4.78, 5) is 0. The Morgan fingerprint density at radius 2 is 0.950 bits per heavy atom. The maximum Gasteiger partial charge on any atom is 0.143 e. The predicted molar refractivity (Wildman–Crippen MR) is 169 cm³/mol. The third-order valence-corrected chi connectivity index (χ3v) is 8.02. The molecule has 0 saturated heterocycles. The van der Waals surface area contributed by atoms with Gasteiger partial charge in [0.25, 0.3) is 0 Å². The van der Waals surface area contributed by atoms with Gasteiger partial charge in [-0.3, -0.25) is 0 Å². The molecule has 0 aliphatic carbocycles. The molecule has 8 aromatic rings. The summed E-state index contributed by atoms with van der Waals surface area (Å²) in [5.41, 5.74) is 15.9. The summed E-state index contributed by atoms with van der Waals surface area (Å²) in [5.74, 6) is 0. The zero-order chi connectivity index (χ0) is 26.6. The van der Waals surface area contributed by atoms with E-state index in [0.29, 0.717) is 0 Å². The van der Waals surface area contributed by atoms with Gasteiger partial charge in [0.15, 0.2) is 0 Å². The number of nitrogen functional groups attached to an aromatic ring is 1. The summed E-state index contributed by atoms with van der Waals surface area (Å²) in [5, 5.41) is 6.93. The maximum atomic E-state index is 6.47. The topological polar surface area (TPSA) is 39.2 Å². The number of para-hydroxylation sites is 2. The van der Waals surface area contributed by atoms with Gasteiger partial charge in [0, 0.05) is 27.4 Å². The molecule has 7 aromatic carbocycles. The van der Waals surface area contributed by atoms with Gasteiger partial charge in [-0.15, -0.1) is 0 Å². The molecular weight excluding hydrogens is 486 g/mol. The fraction of sp³-hybridized carbons (Fsp3) is 0. The van der Waals surface area contributed by atoms with Gasteiger partial charge in [-0.05, 0) is 74.3 Å². The Morgan fingerprint density at radius 3 is 1.77 bits per heavy atom. The molecule has 0 aliphatic rings. The van der Waals surface area contributed by atoms with E-state index in [4.69, 9.17) is 10.2 Å². The molecular formula is C38H25NO. The second kappa shape index (κ2) is 8.86. The van der Waals surface area contributed by atoms with E-state index in [1.807, 2.05) is 24.3 Å². The lowest BCUT2D eigenvalue weighted by Gasteiger charge is -2.15. The zero-order valence-corrected chi connectivity index (χ0v) is 21.8. The number of furan rings is 1. The third kappa shape index (κ3) is 3.50. The Balaban J connectivity index is 1.46. The number of benzene rings is 7. The number of anilines is 1. The summed E-state index contributed by atoms with van der Waals surface area (Å²) in [7, 11) is 0. The summed E-state index contributed by atoms with van der Waals surface area (Å²) in [6.07, 6.45) is 0. The molecule has 2 N–H and O–H groups in total. The van der Waals surface area contributed by atoms with Crippen molar-refractivity contribution in [3.63, 3.8) is 0 Å². The van der Waals surface area contributed by atoms with Gasteiger partial charge in [-0.2, -0.15) is 0 Å². The quantitative estimate of drug-likeness (QED) is 0.240. The summed E-state index contributed by atoms with van der Waals surface area (Å²) >= 11 is 0. The average Bonchev–Trinajstić information content (AvgIpc) is 3.40. The molecule has 0 bridgehead atoms. The molecule has 8 rings (SSSR count). The van der Waals surface area contributed by atoms with Crippen molar-refractivity contribution in [2.75, 3.05) is 5.73 Å². The highest BCUT2D eigenvalue weighted by Crippen LogP contribution is 2.41. The Bertz CT molecular complexity index is 2230. The largest absolute Gasteiger partial charge is 0.455 e. The van der Waals surface area contributed by atoms with Crippen LogP contribution >= 0.6 is 0 Å². The minimum absolute atomic E-state index is 0.789. The van der Waals surface area contributed by atoms with E-state index in [2.05, 4.69) is 115 Å². The van der Waals surface area contributed by atoms with E-state index < -0.39 is 0 Å². The van der Waals surface area contributed by atoms with Crippen molar-refractivity contribution in [2.24, 2.45) is 0 Å². The molecule has 0 amide bonds. The molecule has 0 unspecified atom stereocenters. The van der Waals surface area contributed by atoms with Crippen molar-refractivity contribution >= 4 is 49.2 Å². The lowest BCUT2D eigenvalue weighted by atomic mass is 9.89. The van der Waals surface area contributed by atoms with Crippen LogP contribution in [-0.4, -0.2) is 0 Å². The Morgan fingerprint density at radius 1 is 0.400 bits per heavy atom. The van der Waals surface area contributed by atoms with Crippen LogP contribution in [0.5, 0.6) is 0 Å². The standard InChI is InChI=1S/C38H25NO/c39-36-20-19-30(32-12-3-4-13-33(32)36)26-21-25(29-15-7-10-24-9-1-2-11-28(24)29)22-27(23-26)31-16-8-17-35-34-14-5-6-18-37(34)40-38(31)35/h1-23H,39H2. The first-order valence-electron chi connectivity index (χ1n) is 13.6. The molecule has 0 radical (unpaired) electrons. The molecule has 0 spiro atoms. The molecule has 1 heterocycles. The fourth-order valence-electron chi connectivity index (χ4n) is 6.12. The highest BCUT2D eigenvalue weighted by atomic mass is 16.3. The molecule has 188 valence electrons. The van der Waals surface area contributed by atoms with E-state index >= 15 is 0 Å². The number of nitrogens with two attached hydrogens (primary N) is 1. The van der Waals surface area contributed by atoms with Gasteiger partial charge >= 0.3 is 0 Å². The highest BCUT2D eigenvalue weighted by Gasteiger charge is 2.16. The van der Waals surface area contributed by atoms with Gasteiger partial charge < -0.3 is 10.2 Å². The minimum atomic E-state index is 0.789. The van der Waals surface area contributed by atoms with Crippen molar-refractivity contribution in [1.29, 1.82) is 0 Å². The summed E-state index contributed by atoms with van der Waals surface area (Å²) < 4.78 is 6.47. The molecule has 0 fully saturated rings. The molecule has 0 aliphatic heterocycles. The van der Waals surface area contributed by atoms with Gasteiger partial charge in [0.05, 0.1) is 0 Å². The first-order valence-corrected chi connectivity index (χ1v) is 13.6. The molecule has 0 saturated carbocycles. The van der Waals surface area contributed by atoms with E-state index in [9.17, 15) is 0 Å². The van der Waals surface area contributed by atoms with Gasteiger partial charge in [0.1, 0.15) is 11.2 Å². The van der Waals surface area contributed by atoms with Crippen LogP contribution in [0.1, 0.15) is 0 Å². The van der Waals surface area contributed by atoms with Crippen LogP contribution in [0.15, 0.2) is 144 Å². The Hall–Kier alpha value is -5.34. The second-order valence-electron chi connectivity index (χ2n) is 10.4. The average molecular weight is 512 g/mol. The predicted octanol–water partition coefficient (Wildman–Crippen LogP) is 10.5. The van der Waals surface area contributed by atoms with Crippen molar-refractivity contribution < 1.29 is 4.42 Å². The lowest BCUT2D eigenvalue weighted by molar-refractivity contribution is 0.670. The number of hydrogen-bond donors (Lipinski definition) is 1. The lowest BCUT2D eigenvalue weighted by Crippen LogP contribution is -1.91. The highest BCUT2D eigenvalue weighted by molar-refractivity contribution is 6.10. The van der Waals surface area contributed by atoms with E-state index in [-0.39, 0.29) is 0 Å². The van der Waals surface area contributed by atoms with Crippen LogP contribution in [0.2, 0.25) is 0 Å². The van der Waals surface area contributed by atoms with Crippen molar-refractivity contribution in [1.82, 2.24) is 0 Å². The van der Waals surface area contributed by atoms with Crippen molar-refractivity contribution in [3.8, 4) is 33.4 Å². The van der Waals surface area contributed by atoms with Crippen LogP contribution in [0, 0.1) is 0 Å². The fourth-order valence-corrected chi connectivity index (χ4v) is 6.12. The normalized spacial score (nSPS) is 11.6. The monoisotopic (exact) mass is 511 g/mol. The van der Waals surface area contributed by atoms with E-state index in [0.717, 1.165) is 60.7 Å². The van der Waals surface area contributed by atoms with Crippen molar-refractivity contribution in [2.45, 2.75) is 0 Å². The smallest absolute Gasteiger partial charge is 0.143 e. The Kier molecular flexibility index (Phi) is 5.01.